The molecule has 1 saturated carbocycles. The number of aliphatic carboxylic acids is 1. The Labute approximate surface area is 554 Å². The number of nitrogens with one attached hydrogen (secondary N) is 5. The summed E-state index contributed by atoms with van der Waals surface area (Å²) in [4.78, 5) is 145. The van der Waals surface area contributed by atoms with Gasteiger partial charge in [-0.3, -0.25) is 38.5 Å². The number of fused-ring (bicyclic) bond motifs is 14. The molecule has 0 radical (unpaired) electrons. The maximum absolute atomic E-state index is 14.6. The molecule has 1 aliphatic heterocycles. The van der Waals surface area contributed by atoms with E-state index >= 15 is 0 Å². The van der Waals surface area contributed by atoms with Crippen molar-refractivity contribution in [2.24, 2.45) is 17.8 Å². The summed E-state index contributed by atoms with van der Waals surface area (Å²) in [6, 6.07) is 15.2. The predicted molar refractivity (Wildman–Crippen MR) is 351 cm³/mol. The van der Waals surface area contributed by atoms with Crippen LogP contribution in [0.3, 0.4) is 0 Å². The van der Waals surface area contributed by atoms with Crippen molar-refractivity contribution in [1.82, 2.24) is 61.5 Å². The first kappa shape index (κ1) is 65.5. The number of pyridine rings is 1. The van der Waals surface area contributed by atoms with E-state index in [9.17, 15) is 53.7 Å². The fourth-order valence-corrected chi connectivity index (χ4v) is 16.1. The van der Waals surface area contributed by atoms with Crippen LogP contribution in [0.5, 0.6) is 0 Å². The predicted octanol–water partition coefficient (Wildman–Crippen LogP) is 9.57. The number of nitrogens with zero attached hydrogens (tertiary/aromatic N) is 8. The second kappa shape index (κ2) is 28.5. The largest absolute Gasteiger partial charge is 0.481 e. The molecule has 7 aromatic heterocycles. The van der Waals surface area contributed by atoms with E-state index in [0.29, 0.717) is 94.4 Å². The summed E-state index contributed by atoms with van der Waals surface area (Å²) >= 11 is 6.97. The minimum Gasteiger partial charge on any atom is -0.481 e. The summed E-state index contributed by atoms with van der Waals surface area (Å²) in [5.41, 5.74) is 2.46. The normalized spacial score (nSPS) is 18.3. The van der Waals surface area contributed by atoms with Gasteiger partial charge in [0.05, 0.1) is 59.4 Å². The zero-order valence-electron chi connectivity index (χ0n) is 50.2. The number of methoxy groups -OCH3 is 1. The standard InChI is InChI=1S/C62H59N13O12S6/c1-28(2)45-59-74-48(41(93-59)23-87-5)52(80)64-22-44(77)71-49(50(78)30-10-7-6-8-11-30)58-69-40(26-90-58)56-67-38(24-89-56)47-35(54-68-39(25-88-54)51(79)66-37(21-43(76)63-4)57-73-46(29(3)92-57)53(81)72-45)18-19-36(65-47)55-70-42(27-91-55)75(34-13-9-12-33(20-34)62(85)86)60(82)31-14-16-32(17-15-31)61(83)84/h6-13,18-20,24-28,31-32,37,45,49-50,78H,14-17,21-23H2,1-5H3,(H,63,76)(H,64,80)(H,66,79)(H,71,77)(H,72,81)(H,83,84)(H,85,86)/t31-,32-,37-,45?,49-,50-/m0/s1. The highest BCUT2D eigenvalue weighted by atomic mass is 32.1. The number of aliphatic hydroxyl groups excluding tert-OH is 1. The quantitative estimate of drug-likeness (QED) is 0.0532. The van der Waals surface area contributed by atoms with E-state index in [0.717, 1.165) is 45.3 Å². The van der Waals surface area contributed by atoms with Crippen LogP contribution in [0.15, 0.2) is 88.3 Å². The third-order valence-corrected chi connectivity index (χ3v) is 21.2. The number of ether oxygens (including phenoxy) is 1. The minimum atomic E-state index is -1.31. The van der Waals surface area contributed by atoms with Gasteiger partial charge in [-0.2, -0.15) is 0 Å². The summed E-state index contributed by atoms with van der Waals surface area (Å²) in [6.45, 7) is 4.88. The first-order valence-corrected chi connectivity index (χ1v) is 34.2. The molecule has 8 heterocycles. The first-order chi connectivity index (χ1) is 44.7. The van der Waals surface area contributed by atoms with Gasteiger partial charge in [-0.1, -0.05) is 50.2 Å². The zero-order valence-corrected chi connectivity index (χ0v) is 55.1. The molecule has 0 spiro atoms. The average Bonchev–Trinajstić information content (AvgIpc) is 1.70. The molecule has 31 heteroatoms. The Balaban J connectivity index is 0.998. The molecule has 4 atom stereocenters. The molecule has 1 fully saturated rings. The molecule has 6 amide bonds. The molecule has 480 valence electrons. The number of carbonyl (C=O) groups is 8. The van der Waals surface area contributed by atoms with Crippen molar-refractivity contribution >= 4 is 127 Å². The molecule has 9 aromatic rings. The van der Waals surface area contributed by atoms with E-state index in [1.807, 2.05) is 13.8 Å². The van der Waals surface area contributed by atoms with Crippen LogP contribution >= 0.6 is 68.0 Å². The lowest BCUT2D eigenvalue weighted by molar-refractivity contribution is -0.144. The number of amides is 6. The van der Waals surface area contributed by atoms with Crippen LogP contribution < -0.4 is 31.5 Å². The maximum Gasteiger partial charge on any atom is 0.335 e. The van der Waals surface area contributed by atoms with Gasteiger partial charge in [0.1, 0.15) is 76.4 Å². The molecular formula is C62H59N13O12S6. The number of hydrogen-bond acceptors (Lipinski definition) is 23. The van der Waals surface area contributed by atoms with Crippen molar-refractivity contribution in [3.63, 3.8) is 0 Å². The number of anilines is 2. The van der Waals surface area contributed by atoms with Crippen molar-refractivity contribution in [3.05, 3.63) is 141 Å². The topological polar surface area (TPSA) is 360 Å². The highest BCUT2D eigenvalue weighted by molar-refractivity contribution is 7.15. The first-order valence-electron chi connectivity index (χ1n) is 29.1. The average molecular weight is 1370 g/mol. The molecular weight excluding hydrogens is 1310 g/mol. The summed E-state index contributed by atoms with van der Waals surface area (Å²) in [6.07, 6.45) is -0.382. The number of thiazole rings is 6. The highest BCUT2D eigenvalue weighted by Crippen LogP contribution is 2.42. The number of aromatic carboxylic acids is 1. The van der Waals surface area contributed by atoms with Crippen LogP contribution in [0.2, 0.25) is 0 Å². The van der Waals surface area contributed by atoms with E-state index in [1.54, 1.807) is 77.0 Å². The van der Waals surface area contributed by atoms with E-state index in [-0.39, 0.29) is 64.0 Å². The van der Waals surface area contributed by atoms with Gasteiger partial charge in [-0.05, 0) is 74.4 Å². The molecule has 1 unspecified atom stereocenters. The summed E-state index contributed by atoms with van der Waals surface area (Å²) < 4.78 is 5.46. The van der Waals surface area contributed by atoms with Crippen molar-refractivity contribution in [2.45, 2.75) is 83.7 Å². The third-order valence-electron chi connectivity index (χ3n) is 15.5. The Morgan fingerprint density at radius 1 is 0.667 bits per heavy atom. The van der Waals surface area contributed by atoms with Crippen LogP contribution in [0.1, 0.15) is 142 Å². The van der Waals surface area contributed by atoms with E-state index in [2.05, 4.69) is 26.6 Å². The van der Waals surface area contributed by atoms with Crippen LogP contribution in [-0.2, 0) is 30.5 Å². The lowest BCUT2D eigenvalue weighted by Gasteiger charge is -2.30. The van der Waals surface area contributed by atoms with Crippen molar-refractivity contribution < 1.29 is 58.4 Å². The van der Waals surface area contributed by atoms with Gasteiger partial charge in [-0.25, -0.2) is 39.7 Å². The van der Waals surface area contributed by atoms with Gasteiger partial charge in [0.15, 0.2) is 5.82 Å². The number of carboxylic acid groups (broad SMARTS) is 2. The van der Waals surface area contributed by atoms with Crippen molar-refractivity contribution in [1.29, 1.82) is 0 Å². The number of carbonyl (C=O) groups excluding carboxylic acids is 6. The Bertz CT molecular complexity index is 4320. The molecule has 25 nitrogen and oxygen atoms in total. The van der Waals surface area contributed by atoms with Crippen molar-refractivity contribution in [3.8, 4) is 43.4 Å². The molecule has 93 heavy (non-hydrogen) atoms. The van der Waals surface area contributed by atoms with Gasteiger partial charge in [0, 0.05) is 52.0 Å². The fourth-order valence-electron chi connectivity index (χ4n) is 10.6. The van der Waals surface area contributed by atoms with E-state index in [4.69, 9.17) is 39.6 Å². The van der Waals surface area contributed by atoms with E-state index < -0.39 is 84.1 Å². The molecule has 2 aliphatic rings. The minimum absolute atomic E-state index is 0.0161. The smallest absolute Gasteiger partial charge is 0.335 e. The lowest BCUT2D eigenvalue weighted by atomic mass is 9.81. The molecule has 10 bridgehead atoms. The second-order valence-corrected chi connectivity index (χ2v) is 27.9. The molecule has 0 saturated heterocycles. The number of carboxylic acids is 2. The van der Waals surface area contributed by atoms with Crippen LogP contribution in [0.25, 0.3) is 43.4 Å². The van der Waals surface area contributed by atoms with Gasteiger partial charge in [-0.15, -0.1) is 68.0 Å². The number of aromatic nitrogens is 7. The van der Waals surface area contributed by atoms with Crippen molar-refractivity contribution in [2.75, 3.05) is 25.6 Å². The molecule has 1 aliphatic carbocycles. The van der Waals surface area contributed by atoms with E-state index in [1.165, 1.54) is 59.9 Å². The summed E-state index contributed by atoms with van der Waals surface area (Å²) in [5, 5.41) is 54.5. The Morgan fingerprint density at radius 3 is 2.10 bits per heavy atom. The maximum atomic E-state index is 14.6. The molecule has 2 aromatic carbocycles. The zero-order chi connectivity index (χ0) is 65.8. The van der Waals surface area contributed by atoms with Crippen LogP contribution in [-0.4, -0.2) is 118 Å². The Kier molecular flexibility index (Phi) is 20.1. The number of benzene rings is 2. The summed E-state index contributed by atoms with van der Waals surface area (Å²) in [5.74, 6) is -6.78. The van der Waals surface area contributed by atoms with Crippen LogP contribution in [0.4, 0.5) is 11.5 Å². The monoisotopic (exact) mass is 1370 g/mol. The second-order valence-electron chi connectivity index (χ2n) is 22.1. The number of aryl methyl sites for hydroxylation is 1. The number of aliphatic hydroxyl groups is 1. The third kappa shape index (κ3) is 14.5. The van der Waals surface area contributed by atoms with Crippen LogP contribution in [0, 0.1) is 24.7 Å². The number of rotatable bonds is 13. The Morgan fingerprint density at radius 2 is 1.37 bits per heavy atom. The lowest BCUT2D eigenvalue weighted by Crippen LogP contribution is -2.40. The fraction of sp³-hybridized carbons (Fsp3) is 0.306. The SMILES string of the molecule is CNC(=O)C[C@@H]1NC(=O)c2csc(n2)-c2ccc(-c3nc(N(c4cccc(C(=O)O)c4)C(=O)[C@H]4CC[C@H](C(=O)O)CC4)cs3)nc2-c2csc(n2)-c2csc(n2)[C@H]([C@@H](O)c2ccccc2)NC(=O)CNC(=O)c2nc(sc2COC)C(C(C)C)NC(=O)c2nc1sc2C. The summed E-state index contributed by atoms with van der Waals surface area (Å²) in [7, 11) is 2.92. The highest BCUT2D eigenvalue weighted by Gasteiger charge is 2.36. The molecule has 8 N–H and O–H groups in total. The number of hydrogen-bond donors (Lipinski definition) is 8. The Hall–Kier alpha value is -8.95. The van der Waals surface area contributed by atoms with Gasteiger partial charge >= 0.3 is 11.9 Å². The van der Waals surface area contributed by atoms with Gasteiger partial charge in [0.2, 0.25) is 17.7 Å². The van der Waals surface area contributed by atoms with Gasteiger partial charge < -0.3 is 46.6 Å². The molecule has 11 rings (SSSR count). The van der Waals surface area contributed by atoms with Gasteiger partial charge in [0.25, 0.3) is 17.7 Å².